The molecule has 2 nitrogen and oxygen atoms in total. The van der Waals surface area contributed by atoms with E-state index < -0.39 is 0 Å². The minimum absolute atomic E-state index is 0.164. The van der Waals surface area contributed by atoms with Crippen LogP contribution in [-0.2, 0) is 4.74 Å². The van der Waals surface area contributed by atoms with E-state index in [-0.39, 0.29) is 11.2 Å². The lowest BCUT2D eigenvalue weighted by molar-refractivity contribution is -0.109. The summed E-state index contributed by atoms with van der Waals surface area (Å²) in [4.78, 5) is 0. The van der Waals surface area contributed by atoms with Crippen molar-refractivity contribution < 1.29 is 9.13 Å². The van der Waals surface area contributed by atoms with Crippen molar-refractivity contribution in [3.8, 4) is 0 Å². The lowest BCUT2D eigenvalue weighted by Gasteiger charge is -2.54. The van der Waals surface area contributed by atoms with Gasteiger partial charge in [0, 0.05) is 23.8 Å². The average molecular weight is 265 g/mol. The molecule has 106 valence electrons. The van der Waals surface area contributed by atoms with Gasteiger partial charge in [0.2, 0.25) is 0 Å². The summed E-state index contributed by atoms with van der Waals surface area (Å²) in [6, 6.07) is 5.31. The molecular weight excluding hydrogens is 241 g/mol. The number of ether oxygens (including phenoxy) is 1. The molecule has 1 aliphatic carbocycles. The lowest BCUT2D eigenvalue weighted by atomic mass is 9.61. The normalized spacial score (nSPS) is 29.9. The van der Waals surface area contributed by atoms with Crippen LogP contribution in [0.1, 0.15) is 39.2 Å². The topological polar surface area (TPSA) is 21.3 Å². The van der Waals surface area contributed by atoms with E-state index >= 15 is 0 Å². The van der Waals surface area contributed by atoms with Gasteiger partial charge in [-0.25, -0.2) is 4.39 Å². The molecule has 0 spiro atoms. The summed E-state index contributed by atoms with van der Waals surface area (Å²) in [5, 5.41) is 3.56. The number of nitrogens with one attached hydrogen (secondary N) is 1. The Morgan fingerprint density at radius 1 is 1.42 bits per heavy atom. The Kier molecular flexibility index (Phi) is 4.14. The van der Waals surface area contributed by atoms with E-state index in [1.807, 2.05) is 19.9 Å². The first-order chi connectivity index (χ1) is 9.01. The molecule has 1 fully saturated rings. The van der Waals surface area contributed by atoms with Gasteiger partial charge in [0.05, 0.1) is 6.10 Å². The molecule has 0 aliphatic heterocycles. The number of aryl methyl sites for hydroxylation is 1. The Bertz CT molecular complexity index is 448. The van der Waals surface area contributed by atoms with Crippen molar-refractivity contribution >= 4 is 5.69 Å². The minimum Gasteiger partial charge on any atom is -0.381 e. The van der Waals surface area contributed by atoms with Crippen LogP contribution in [0.5, 0.6) is 0 Å². The monoisotopic (exact) mass is 265 g/mol. The van der Waals surface area contributed by atoms with E-state index in [1.165, 1.54) is 6.07 Å². The highest BCUT2D eigenvalue weighted by molar-refractivity contribution is 5.52. The molecule has 3 heteroatoms. The third-order valence-electron chi connectivity index (χ3n) is 4.63. The quantitative estimate of drug-likeness (QED) is 0.864. The predicted octanol–water partition coefficient (Wildman–Crippen LogP) is 4.14. The number of hydrogen-bond acceptors (Lipinski definition) is 2. The van der Waals surface area contributed by atoms with Crippen LogP contribution in [0.4, 0.5) is 10.1 Å². The summed E-state index contributed by atoms with van der Waals surface area (Å²) >= 11 is 0. The Balaban J connectivity index is 2.08. The fourth-order valence-electron chi connectivity index (χ4n) is 2.95. The number of halogens is 1. The molecule has 1 N–H and O–H groups in total. The van der Waals surface area contributed by atoms with Gasteiger partial charge in [-0.3, -0.25) is 0 Å². The van der Waals surface area contributed by atoms with Gasteiger partial charge in [0.1, 0.15) is 5.82 Å². The second-order valence-electron chi connectivity index (χ2n) is 5.70. The van der Waals surface area contributed by atoms with Crippen molar-refractivity contribution in [2.24, 2.45) is 5.41 Å². The highest BCUT2D eigenvalue weighted by atomic mass is 19.1. The van der Waals surface area contributed by atoms with Crippen molar-refractivity contribution in [1.82, 2.24) is 0 Å². The van der Waals surface area contributed by atoms with E-state index in [4.69, 9.17) is 4.74 Å². The van der Waals surface area contributed by atoms with Crippen LogP contribution in [0, 0.1) is 18.2 Å². The molecule has 2 rings (SSSR count). The second-order valence-corrected chi connectivity index (χ2v) is 5.70. The largest absolute Gasteiger partial charge is 0.381 e. The van der Waals surface area contributed by atoms with Crippen LogP contribution < -0.4 is 5.32 Å². The van der Waals surface area contributed by atoms with Gasteiger partial charge < -0.3 is 10.1 Å². The van der Waals surface area contributed by atoms with Crippen LogP contribution in [0.3, 0.4) is 0 Å². The SMILES string of the molecule is CCOC1CC(Nc2ccc(F)cc2C)C1(C)CC. The molecule has 3 atom stereocenters. The van der Waals surface area contributed by atoms with Gasteiger partial charge in [-0.1, -0.05) is 13.8 Å². The van der Waals surface area contributed by atoms with Crippen LogP contribution in [0.15, 0.2) is 18.2 Å². The molecule has 0 bridgehead atoms. The molecule has 0 heterocycles. The van der Waals surface area contributed by atoms with E-state index in [0.717, 1.165) is 30.7 Å². The number of benzene rings is 1. The summed E-state index contributed by atoms with van der Waals surface area (Å²) in [7, 11) is 0. The summed E-state index contributed by atoms with van der Waals surface area (Å²) in [6.07, 6.45) is 2.44. The average Bonchev–Trinajstić information content (AvgIpc) is 2.39. The van der Waals surface area contributed by atoms with Crippen LogP contribution >= 0.6 is 0 Å². The first-order valence-corrected chi connectivity index (χ1v) is 7.15. The molecule has 0 amide bonds. The summed E-state index contributed by atoms with van der Waals surface area (Å²) in [6.45, 7) is 9.22. The fourth-order valence-corrected chi connectivity index (χ4v) is 2.95. The Morgan fingerprint density at radius 2 is 2.16 bits per heavy atom. The first kappa shape index (κ1) is 14.3. The van der Waals surface area contributed by atoms with E-state index in [1.54, 1.807) is 6.07 Å². The second kappa shape index (κ2) is 5.49. The summed E-state index contributed by atoms with van der Waals surface area (Å²) < 4.78 is 18.9. The van der Waals surface area contributed by atoms with Gasteiger partial charge in [-0.15, -0.1) is 0 Å². The van der Waals surface area contributed by atoms with Crippen molar-refractivity contribution in [2.75, 3.05) is 11.9 Å². The van der Waals surface area contributed by atoms with Gasteiger partial charge in [-0.05, 0) is 50.5 Å². The molecule has 0 saturated heterocycles. The maximum Gasteiger partial charge on any atom is 0.123 e. The van der Waals surface area contributed by atoms with Crippen LogP contribution in [0.25, 0.3) is 0 Å². The highest BCUT2D eigenvalue weighted by Crippen LogP contribution is 2.47. The highest BCUT2D eigenvalue weighted by Gasteiger charge is 2.51. The van der Waals surface area contributed by atoms with Crippen molar-refractivity contribution in [1.29, 1.82) is 0 Å². The standard InChI is InChI=1S/C16H24FNO/c1-5-16(4)14(10-15(16)19-6-2)18-13-8-7-12(17)9-11(13)3/h7-9,14-15,18H,5-6,10H2,1-4H3. The maximum atomic E-state index is 13.1. The van der Waals surface area contributed by atoms with Gasteiger partial charge in [0.25, 0.3) is 0 Å². The Labute approximate surface area is 115 Å². The molecule has 1 aliphatic rings. The number of rotatable bonds is 5. The first-order valence-electron chi connectivity index (χ1n) is 7.15. The molecular formula is C16H24FNO. The minimum atomic E-state index is -0.179. The Morgan fingerprint density at radius 3 is 2.74 bits per heavy atom. The van der Waals surface area contributed by atoms with E-state index in [9.17, 15) is 4.39 Å². The number of anilines is 1. The van der Waals surface area contributed by atoms with E-state index in [2.05, 4.69) is 19.2 Å². The summed E-state index contributed by atoms with van der Waals surface area (Å²) in [5.41, 5.74) is 2.15. The molecule has 0 radical (unpaired) electrons. The predicted molar refractivity (Wildman–Crippen MR) is 77.0 cm³/mol. The van der Waals surface area contributed by atoms with Gasteiger partial charge in [-0.2, -0.15) is 0 Å². The molecule has 1 aromatic rings. The van der Waals surface area contributed by atoms with Gasteiger partial charge >= 0.3 is 0 Å². The van der Waals surface area contributed by atoms with Crippen LogP contribution in [0.2, 0.25) is 0 Å². The smallest absolute Gasteiger partial charge is 0.123 e. The molecule has 3 unspecified atom stereocenters. The molecule has 1 aromatic carbocycles. The van der Waals surface area contributed by atoms with Crippen LogP contribution in [-0.4, -0.2) is 18.8 Å². The number of hydrogen-bond donors (Lipinski definition) is 1. The van der Waals surface area contributed by atoms with Gasteiger partial charge in [0.15, 0.2) is 0 Å². The third kappa shape index (κ3) is 2.62. The van der Waals surface area contributed by atoms with E-state index in [0.29, 0.717) is 12.1 Å². The Hall–Kier alpha value is -1.09. The fraction of sp³-hybridized carbons (Fsp3) is 0.625. The maximum absolute atomic E-state index is 13.1. The van der Waals surface area contributed by atoms with Crippen molar-refractivity contribution in [2.45, 2.75) is 52.7 Å². The van der Waals surface area contributed by atoms with Crippen molar-refractivity contribution in [3.05, 3.63) is 29.6 Å². The zero-order valence-corrected chi connectivity index (χ0v) is 12.3. The third-order valence-corrected chi connectivity index (χ3v) is 4.63. The van der Waals surface area contributed by atoms with Crippen molar-refractivity contribution in [3.63, 3.8) is 0 Å². The zero-order valence-electron chi connectivity index (χ0n) is 12.3. The zero-order chi connectivity index (χ0) is 14.0. The molecule has 1 saturated carbocycles. The molecule has 0 aromatic heterocycles. The summed E-state index contributed by atoms with van der Waals surface area (Å²) in [5.74, 6) is -0.179. The lowest BCUT2D eigenvalue weighted by Crippen LogP contribution is -2.59. The molecule has 19 heavy (non-hydrogen) atoms.